The highest BCUT2D eigenvalue weighted by molar-refractivity contribution is 7.87. The molecule has 2 amide bonds. The maximum atomic E-state index is 14.7. The minimum atomic E-state index is -3.98. The number of amides is 2. The highest BCUT2D eigenvalue weighted by Gasteiger charge is 2.64. The first kappa shape index (κ1) is 31.2. The van der Waals surface area contributed by atoms with Crippen molar-refractivity contribution < 1.29 is 23.1 Å². The molecule has 4 atom stereocenters. The first-order valence-electron chi connectivity index (χ1n) is 16.6. The Morgan fingerprint density at radius 3 is 2.37 bits per heavy atom. The van der Waals surface area contributed by atoms with Gasteiger partial charge in [0.2, 0.25) is 5.91 Å². The summed E-state index contributed by atoms with van der Waals surface area (Å²) >= 11 is 0. The van der Waals surface area contributed by atoms with Crippen LogP contribution in [0.15, 0.2) is 36.4 Å². The zero-order valence-electron chi connectivity index (χ0n) is 27.4. The van der Waals surface area contributed by atoms with Gasteiger partial charge in [-0.25, -0.2) is 4.72 Å². The summed E-state index contributed by atoms with van der Waals surface area (Å²) in [6, 6.07) is 11.5. The van der Waals surface area contributed by atoms with Gasteiger partial charge in [0.15, 0.2) is 0 Å². The number of phenolic OH excluding ortho intramolecular Hbond substituents is 1. The maximum absolute atomic E-state index is 14.7. The van der Waals surface area contributed by atoms with E-state index in [0.29, 0.717) is 32.0 Å². The van der Waals surface area contributed by atoms with Crippen LogP contribution < -0.4 is 4.72 Å². The van der Waals surface area contributed by atoms with Crippen LogP contribution in [0.25, 0.3) is 22.2 Å². The zero-order chi connectivity index (χ0) is 32.7. The summed E-state index contributed by atoms with van der Waals surface area (Å²) in [5, 5.41) is 11.8. The zero-order valence-corrected chi connectivity index (χ0v) is 28.2. The van der Waals surface area contributed by atoms with E-state index in [0.717, 1.165) is 57.7 Å². The molecule has 4 aliphatic rings. The second-order valence-corrected chi connectivity index (χ2v) is 16.3. The monoisotopic (exact) mass is 647 g/mol. The molecule has 246 valence electrons. The summed E-state index contributed by atoms with van der Waals surface area (Å²) in [6.45, 7) is 6.11. The lowest BCUT2D eigenvalue weighted by Crippen LogP contribution is -2.58. The van der Waals surface area contributed by atoms with Crippen LogP contribution in [-0.4, -0.2) is 90.3 Å². The summed E-state index contributed by atoms with van der Waals surface area (Å²) in [5.74, 6) is -0.0569. The number of nitrogens with zero attached hydrogens (tertiary/aromatic N) is 4. The van der Waals surface area contributed by atoms with Crippen LogP contribution in [0.3, 0.4) is 0 Å². The van der Waals surface area contributed by atoms with E-state index in [1.54, 1.807) is 18.2 Å². The second kappa shape index (κ2) is 11.1. The van der Waals surface area contributed by atoms with E-state index in [2.05, 4.69) is 35.1 Å². The fraction of sp³-hybridized carbons (Fsp3) is 0.543. The molecule has 1 aromatic heterocycles. The molecular weight excluding hydrogens is 602 g/mol. The molecule has 2 unspecified atom stereocenters. The van der Waals surface area contributed by atoms with Gasteiger partial charge in [-0.15, -0.1) is 0 Å². The fourth-order valence-electron chi connectivity index (χ4n) is 8.46. The van der Waals surface area contributed by atoms with Crippen LogP contribution >= 0.6 is 0 Å². The Bertz CT molecular complexity index is 1830. The van der Waals surface area contributed by atoms with Crippen LogP contribution in [0.4, 0.5) is 0 Å². The smallest absolute Gasteiger partial charge is 0.303 e. The highest BCUT2D eigenvalue weighted by Crippen LogP contribution is 2.66. The summed E-state index contributed by atoms with van der Waals surface area (Å²) in [6.07, 6.45) is 6.32. The van der Waals surface area contributed by atoms with Crippen molar-refractivity contribution in [1.29, 1.82) is 0 Å². The number of rotatable bonds is 5. The minimum absolute atomic E-state index is 0.0294. The summed E-state index contributed by atoms with van der Waals surface area (Å²) in [7, 11) is 0.890. The van der Waals surface area contributed by atoms with Crippen molar-refractivity contribution in [3.8, 4) is 17.0 Å². The Balaban J connectivity index is 1.41. The number of aromatic hydroxyl groups is 1. The van der Waals surface area contributed by atoms with Crippen molar-refractivity contribution in [2.45, 2.75) is 82.8 Å². The Labute approximate surface area is 271 Å². The third kappa shape index (κ3) is 4.93. The van der Waals surface area contributed by atoms with Crippen LogP contribution in [0.2, 0.25) is 0 Å². The lowest BCUT2D eigenvalue weighted by molar-refractivity contribution is -0.141. The average molecular weight is 648 g/mol. The Morgan fingerprint density at radius 2 is 1.70 bits per heavy atom. The van der Waals surface area contributed by atoms with Crippen LogP contribution in [-0.2, 0) is 21.5 Å². The van der Waals surface area contributed by atoms with E-state index < -0.39 is 21.5 Å². The number of benzene rings is 2. The van der Waals surface area contributed by atoms with Gasteiger partial charge in [0.05, 0.1) is 11.1 Å². The molecule has 2 aliphatic carbocycles. The molecule has 2 aromatic carbocycles. The van der Waals surface area contributed by atoms with Crippen LogP contribution in [0.5, 0.6) is 5.75 Å². The Kier molecular flexibility index (Phi) is 7.53. The van der Waals surface area contributed by atoms with Crippen LogP contribution in [0.1, 0.15) is 85.7 Å². The standard InChI is InChI=1S/C35H45N5O5S/c1-21-18-39(19-22(2)38(21)5)34(43)35-17-29(35)28-16-25(41)12-14-26(28)32-31(23-9-7-6-8-10-23)27-13-11-24(15-30(27)40(32)20-35)33(42)36-46(44,45)37(3)4/h11-16,21-23,29,41H,6-10,17-20H2,1-5H3,(H,36,42)/t21-,22+,29?,35?. The number of phenols is 1. The van der Waals surface area contributed by atoms with Gasteiger partial charge in [-0.2, -0.15) is 12.7 Å². The van der Waals surface area contributed by atoms with Crippen molar-refractivity contribution >= 4 is 32.9 Å². The summed E-state index contributed by atoms with van der Waals surface area (Å²) in [5.41, 5.74) is 4.76. The van der Waals surface area contributed by atoms with Gasteiger partial charge in [-0.05, 0) is 87.5 Å². The van der Waals surface area contributed by atoms with Crippen molar-refractivity contribution in [3.63, 3.8) is 0 Å². The molecule has 7 rings (SSSR count). The molecule has 2 N–H and O–H groups in total. The number of nitrogens with one attached hydrogen (secondary N) is 1. The molecule has 3 aromatic rings. The predicted molar refractivity (Wildman–Crippen MR) is 178 cm³/mol. The maximum Gasteiger partial charge on any atom is 0.303 e. The molecule has 11 heteroatoms. The van der Waals surface area contributed by atoms with Gasteiger partial charge in [0, 0.05) is 73.8 Å². The van der Waals surface area contributed by atoms with E-state index in [1.807, 2.05) is 23.1 Å². The third-order valence-electron chi connectivity index (χ3n) is 11.3. The molecule has 10 nitrogen and oxygen atoms in total. The number of likely N-dealkylation sites (N-methyl/N-ethyl adjacent to an activating group) is 1. The van der Waals surface area contributed by atoms with E-state index in [4.69, 9.17) is 0 Å². The number of piperazine rings is 1. The van der Waals surface area contributed by atoms with Gasteiger partial charge in [-0.3, -0.25) is 14.5 Å². The number of hydrogen-bond donors (Lipinski definition) is 2. The molecule has 3 heterocycles. The van der Waals surface area contributed by atoms with Crippen molar-refractivity contribution in [2.24, 2.45) is 5.41 Å². The topological polar surface area (TPSA) is 115 Å². The van der Waals surface area contributed by atoms with Gasteiger partial charge in [-0.1, -0.05) is 25.3 Å². The first-order chi connectivity index (χ1) is 21.8. The molecule has 1 saturated heterocycles. The predicted octanol–water partition coefficient (Wildman–Crippen LogP) is 4.64. The lowest BCUT2D eigenvalue weighted by Gasteiger charge is -2.43. The minimum Gasteiger partial charge on any atom is -0.508 e. The van der Waals surface area contributed by atoms with Crippen LogP contribution in [0, 0.1) is 5.41 Å². The normalized spacial score (nSPS) is 26.7. The Hall–Kier alpha value is -3.41. The van der Waals surface area contributed by atoms with Gasteiger partial charge >= 0.3 is 10.2 Å². The van der Waals surface area contributed by atoms with E-state index in [9.17, 15) is 23.1 Å². The molecule has 3 fully saturated rings. The largest absolute Gasteiger partial charge is 0.508 e. The molecule has 0 bridgehead atoms. The SMILES string of the molecule is C[C@@H]1CN(C(=O)C23CC2c2cc(O)ccc2-c2c(C4CCCCC4)c4ccc(C(=O)NS(=O)(=O)N(C)C)cc4n2C3)C[C@H](C)N1C. The summed E-state index contributed by atoms with van der Waals surface area (Å²) in [4.78, 5) is 32.4. The van der Waals surface area contributed by atoms with E-state index >= 15 is 0 Å². The first-order valence-corrected chi connectivity index (χ1v) is 18.0. The molecule has 0 spiro atoms. The molecule has 2 saturated carbocycles. The quantitative estimate of drug-likeness (QED) is 0.417. The number of hydrogen-bond acceptors (Lipinski definition) is 6. The molecule has 0 radical (unpaired) electrons. The second-order valence-electron chi connectivity index (χ2n) is 14.4. The third-order valence-corrected chi connectivity index (χ3v) is 12.7. The van der Waals surface area contributed by atoms with E-state index in [1.165, 1.54) is 26.1 Å². The van der Waals surface area contributed by atoms with Gasteiger partial charge < -0.3 is 14.6 Å². The molecule has 2 aliphatic heterocycles. The van der Waals surface area contributed by atoms with Gasteiger partial charge in [0.25, 0.3) is 5.91 Å². The molecular formula is C35H45N5O5S. The number of carbonyl (C=O) groups excluding carboxylic acids is 2. The highest BCUT2D eigenvalue weighted by atomic mass is 32.2. The fourth-order valence-corrected chi connectivity index (χ4v) is 8.99. The number of aromatic nitrogens is 1. The van der Waals surface area contributed by atoms with Gasteiger partial charge in [0.1, 0.15) is 5.75 Å². The van der Waals surface area contributed by atoms with Crippen molar-refractivity contribution in [2.75, 3.05) is 34.2 Å². The number of carbonyl (C=O) groups is 2. The molecule has 46 heavy (non-hydrogen) atoms. The average Bonchev–Trinajstić information content (AvgIpc) is 3.69. The van der Waals surface area contributed by atoms with E-state index in [-0.39, 0.29) is 35.2 Å². The summed E-state index contributed by atoms with van der Waals surface area (Å²) < 4.78 is 30.5. The Morgan fingerprint density at radius 1 is 1.00 bits per heavy atom. The lowest BCUT2D eigenvalue weighted by atomic mass is 9.81. The van der Waals surface area contributed by atoms with Crippen molar-refractivity contribution in [1.82, 2.24) is 23.4 Å². The van der Waals surface area contributed by atoms with Crippen molar-refractivity contribution in [3.05, 3.63) is 53.1 Å². The number of fused-ring (bicyclic) bond motifs is 7.